The molecular weight excluding hydrogens is 188 g/mol. The molecular formula is C12H20OSi. The van der Waals surface area contributed by atoms with Gasteiger partial charge in [0, 0.05) is 5.57 Å². The molecule has 0 atom stereocenters. The number of rotatable bonds is 1. The molecule has 14 heavy (non-hydrogen) atoms. The Morgan fingerprint density at radius 3 is 2.00 bits per heavy atom. The summed E-state index contributed by atoms with van der Waals surface area (Å²) < 4.78 is 0. The molecule has 0 saturated carbocycles. The third-order valence-corrected chi connectivity index (χ3v) is 2.49. The molecule has 0 aromatic rings. The fourth-order valence-electron chi connectivity index (χ4n) is 0.802. The third-order valence-electron chi connectivity index (χ3n) is 1.61. The summed E-state index contributed by atoms with van der Waals surface area (Å²) in [5.74, 6) is 3.14. The average molecular weight is 208 g/mol. The number of hydrogen-bond acceptors (Lipinski definition) is 1. The molecule has 0 saturated heterocycles. The standard InChI is InChI=1S/C12H20OSi/c1-12(2,3)11(7-9-13)8-10-14(4,5)6/h7,9H,1-6H3. The van der Waals surface area contributed by atoms with Crippen LogP contribution in [0.15, 0.2) is 11.6 Å². The molecule has 0 amide bonds. The van der Waals surface area contributed by atoms with Crippen LogP contribution in [0.25, 0.3) is 0 Å². The van der Waals surface area contributed by atoms with Gasteiger partial charge >= 0.3 is 0 Å². The summed E-state index contributed by atoms with van der Waals surface area (Å²) in [5, 5.41) is 0. The van der Waals surface area contributed by atoms with Crippen LogP contribution in [0.3, 0.4) is 0 Å². The van der Waals surface area contributed by atoms with E-state index in [9.17, 15) is 4.79 Å². The van der Waals surface area contributed by atoms with Crippen LogP contribution in [0, 0.1) is 16.9 Å². The van der Waals surface area contributed by atoms with Crippen LogP contribution in [0.5, 0.6) is 0 Å². The highest BCUT2D eigenvalue weighted by molar-refractivity contribution is 6.83. The highest BCUT2D eigenvalue weighted by Crippen LogP contribution is 2.23. The molecule has 0 rings (SSSR count). The summed E-state index contributed by atoms with van der Waals surface area (Å²) in [7, 11) is -1.35. The van der Waals surface area contributed by atoms with Gasteiger partial charge in [0.1, 0.15) is 14.4 Å². The zero-order valence-corrected chi connectivity index (χ0v) is 11.1. The van der Waals surface area contributed by atoms with Gasteiger partial charge in [-0.05, 0) is 11.5 Å². The number of hydrogen-bond donors (Lipinski definition) is 0. The molecule has 0 aliphatic carbocycles. The summed E-state index contributed by atoms with van der Waals surface area (Å²) in [4.78, 5) is 10.5. The maximum absolute atomic E-state index is 10.5. The van der Waals surface area contributed by atoms with Crippen molar-refractivity contribution in [3.8, 4) is 11.5 Å². The fourth-order valence-corrected chi connectivity index (χ4v) is 1.31. The predicted octanol–water partition coefficient (Wildman–Crippen LogP) is 3.04. The lowest BCUT2D eigenvalue weighted by Gasteiger charge is -2.18. The van der Waals surface area contributed by atoms with Crippen molar-refractivity contribution in [3.05, 3.63) is 11.6 Å². The van der Waals surface area contributed by atoms with Crippen LogP contribution in [0.4, 0.5) is 0 Å². The van der Waals surface area contributed by atoms with Gasteiger partial charge in [-0.15, -0.1) is 5.54 Å². The SMILES string of the molecule is CC(C)(C)C(C#C[Si](C)(C)C)=CC=O. The molecule has 0 radical (unpaired) electrons. The highest BCUT2D eigenvalue weighted by atomic mass is 28.3. The Kier molecular flexibility index (Phi) is 4.34. The van der Waals surface area contributed by atoms with E-state index in [4.69, 9.17) is 0 Å². The normalized spacial score (nSPS) is 13.1. The van der Waals surface area contributed by atoms with Crippen LogP contribution in [-0.4, -0.2) is 14.4 Å². The zero-order chi connectivity index (χ0) is 11.4. The first-order valence-electron chi connectivity index (χ1n) is 4.86. The first-order valence-corrected chi connectivity index (χ1v) is 8.36. The minimum absolute atomic E-state index is 0.0342. The average Bonchev–Trinajstić information content (AvgIpc) is 1.93. The molecule has 0 aromatic heterocycles. The molecule has 0 aliphatic heterocycles. The predicted molar refractivity (Wildman–Crippen MR) is 64.7 cm³/mol. The van der Waals surface area contributed by atoms with Crippen molar-refractivity contribution in [2.75, 3.05) is 0 Å². The van der Waals surface area contributed by atoms with Gasteiger partial charge in [0.2, 0.25) is 0 Å². The van der Waals surface area contributed by atoms with Gasteiger partial charge in [-0.25, -0.2) is 0 Å². The topological polar surface area (TPSA) is 17.1 Å². The number of aldehydes is 1. The van der Waals surface area contributed by atoms with E-state index in [1.807, 2.05) is 0 Å². The minimum Gasteiger partial charge on any atom is -0.299 e. The number of carbonyl (C=O) groups is 1. The van der Waals surface area contributed by atoms with E-state index < -0.39 is 8.07 Å². The van der Waals surface area contributed by atoms with Crippen molar-refractivity contribution >= 4 is 14.4 Å². The maximum atomic E-state index is 10.5. The molecule has 0 bridgehead atoms. The second-order valence-electron chi connectivity index (χ2n) is 5.47. The van der Waals surface area contributed by atoms with Gasteiger partial charge in [-0.2, -0.15) is 0 Å². The van der Waals surface area contributed by atoms with Crippen LogP contribution in [0.2, 0.25) is 19.6 Å². The fraction of sp³-hybridized carbons (Fsp3) is 0.583. The zero-order valence-electron chi connectivity index (χ0n) is 10.1. The minimum atomic E-state index is -1.35. The molecule has 0 aliphatic rings. The van der Waals surface area contributed by atoms with E-state index >= 15 is 0 Å². The maximum Gasteiger partial charge on any atom is 0.143 e. The van der Waals surface area contributed by atoms with E-state index in [1.54, 1.807) is 6.08 Å². The summed E-state index contributed by atoms with van der Waals surface area (Å²) in [6, 6.07) is 0. The van der Waals surface area contributed by atoms with E-state index in [2.05, 4.69) is 51.9 Å². The van der Waals surface area contributed by atoms with Crippen LogP contribution in [-0.2, 0) is 4.79 Å². The Labute approximate surface area is 88.6 Å². The van der Waals surface area contributed by atoms with Gasteiger partial charge in [-0.3, -0.25) is 4.79 Å². The molecule has 1 nitrogen and oxygen atoms in total. The summed E-state index contributed by atoms with van der Waals surface area (Å²) >= 11 is 0. The smallest absolute Gasteiger partial charge is 0.143 e. The summed E-state index contributed by atoms with van der Waals surface area (Å²) in [5.41, 5.74) is 4.17. The molecule has 0 fully saturated rings. The van der Waals surface area contributed by atoms with Gasteiger partial charge in [-0.1, -0.05) is 46.3 Å². The Morgan fingerprint density at radius 1 is 1.21 bits per heavy atom. The van der Waals surface area contributed by atoms with E-state index in [-0.39, 0.29) is 5.41 Å². The van der Waals surface area contributed by atoms with Gasteiger partial charge in [0.05, 0.1) is 0 Å². The molecule has 0 N–H and O–H groups in total. The van der Waals surface area contributed by atoms with Crippen molar-refractivity contribution in [3.63, 3.8) is 0 Å². The van der Waals surface area contributed by atoms with Gasteiger partial charge in [0.25, 0.3) is 0 Å². The lowest BCUT2D eigenvalue weighted by Crippen LogP contribution is -2.17. The van der Waals surface area contributed by atoms with Crippen molar-refractivity contribution < 1.29 is 4.79 Å². The lowest BCUT2D eigenvalue weighted by atomic mass is 9.87. The van der Waals surface area contributed by atoms with Crippen molar-refractivity contribution in [1.82, 2.24) is 0 Å². The largest absolute Gasteiger partial charge is 0.299 e. The van der Waals surface area contributed by atoms with Gasteiger partial charge in [0.15, 0.2) is 0 Å². The molecule has 0 unspecified atom stereocenters. The highest BCUT2D eigenvalue weighted by Gasteiger charge is 2.15. The van der Waals surface area contributed by atoms with Gasteiger partial charge < -0.3 is 0 Å². The van der Waals surface area contributed by atoms with E-state index in [1.165, 1.54) is 0 Å². The molecule has 2 heteroatoms. The van der Waals surface area contributed by atoms with Crippen LogP contribution in [0.1, 0.15) is 20.8 Å². The first-order chi connectivity index (χ1) is 6.17. The molecule has 0 heterocycles. The second kappa shape index (κ2) is 4.61. The quantitative estimate of drug-likeness (QED) is 0.280. The molecule has 0 aromatic carbocycles. The van der Waals surface area contributed by atoms with E-state index in [0.717, 1.165) is 11.9 Å². The molecule has 0 spiro atoms. The Morgan fingerprint density at radius 2 is 1.71 bits per heavy atom. The Balaban J connectivity index is 4.98. The Hall–Kier alpha value is -0.813. The van der Waals surface area contributed by atoms with Crippen molar-refractivity contribution in [2.45, 2.75) is 40.4 Å². The van der Waals surface area contributed by atoms with Crippen LogP contribution >= 0.6 is 0 Å². The van der Waals surface area contributed by atoms with E-state index in [0.29, 0.717) is 0 Å². The summed E-state index contributed by atoms with van der Waals surface area (Å²) in [6.07, 6.45) is 2.40. The first kappa shape index (κ1) is 13.2. The van der Waals surface area contributed by atoms with Crippen molar-refractivity contribution in [2.24, 2.45) is 5.41 Å². The summed E-state index contributed by atoms with van der Waals surface area (Å²) in [6.45, 7) is 12.8. The lowest BCUT2D eigenvalue weighted by molar-refractivity contribution is -0.104. The van der Waals surface area contributed by atoms with Crippen molar-refractivity contribution in [1.29, 1.82) is 0 Å². The number of carbonyl (C=O) groups excluding carboxylic acids is 1. The second-order valence-corrected chi connectivity index (χ2v) is 10.2. The third kappa shape index (κ3) is 5.77. The molecule has 78 valence electrons. The Bertz CT molecular complexity index is 289. The monoisotopic (exact) mass is 208 g/mol. The number of allylic oxidation sites excluding steroid dienone is 2. The van der Waals surface area contributed by atoms with Crippen LogP contribution < -0.4 is 0 Å².